The number of nitrogens with zero attached hydrogens (tertiary/aromatic N) is 1. The van der Waals surface area contributed by atoms with E-state index in [1.807, 2.05) is 25.6 Å². The fourth-order valence-electron chi connectivity index (χ4n) is 2.36. The summed E-state index contributed by atoms with van der Waals surface area (Å²) in [4.78, 5) is 25.8. The Hall–Kier alpha value is -0.550. The maximum Gasteiger partial charge on any atom is 0.234 e. The van der Waals surface area contributed by atoms with Gasteiger partial charge in [-0.3, -0.25) is 14.5 Å². The number of carbonyl (C=O) groups is 2. The van der Waals surface area contributed by atoms with Gasteiger partial charge in [0.05, 0.1) is 12.6 Å². The average Bonchev–Trinajstić information content (AvgIpc) is 2.31. The Morgan fingerprint density at radius 3 is 2.53 bits per heavy atom. The molecule has 1 aliphatic rings. The van der Waals surface area contributed by atoms with Crippen molar-refractivity contribution in [2.45, 2.75) is 52.0 Å². The Morgan fingerprint density at radius 1 is 1.37 bits per heavy atom. The molecule has 1 fully saturated rings. The Bertz CT molecular complexity index is 333. The van der Waals surface area contributed by atoms with Crippen LogP contribution in [0, 0.1) is 5.92 Å². The van der Waals surface area contributed by atoms with Crippen molar-refractivity contribution < 1.29 is 9.59 Å². The van der Waals surface area contributed by atoms with E-state index in [4.69, 9.17) is 0 Å². The Morgan fingerprint density at radius 2 is 2.00 bits per heavy atom. The van der Waals surface area contributed by atoms with E-state index in [0.29, 0.717) is 17.8 Å². The number of hydrogen-bond acceptors (Lipinski definition) is 4. The first-order valence-electron chi connectivity index (χ1n) is 6.98. The molecule has 0 aliphatic carbocycles. The number of hydrogen-bond donors (Lipinski definition) is 1. The third-order valence-electron chi connectivity index (χ3n) is 3.78. The molecule has 1 saturated heterocycles. The first-order valence-corrected chi connectivity index (χ1v) is 8.03. The first-order chi connectivity index (χ1) is 8.82. The normalized spacial score (nSPS) is 26.2. The molecule has 1 N–H and O–H groups in total. The number of rotatable bonds is 5. The van der Waals surface area contributed by atoms with Crippen molar-refractivity contribution >= 4 is 23.5 Å². The molecule has 0 saturated carbocycles. The number of nitrogens with one attached hydrogen (secondary N) is 1. The van der Waals surface area contributed by atoms with Crippen LogP contribution >= 0.6 is 11.8 Å². The summed E-state index contributed by atoms with van der Waals surface area (Å²) in [6, 6.07) is 0.0405. The zero-order valence-corrected chi connectivity index (χ0v) is 13.4. The molecular formula is C14H26N2O2S. The van der Waals surface area contributed by atoms with Crippen molar-refractivity contribution in [1.29, 1.82) is 0 Å². The predicted molar refractivity (Wildman–Crippen MR) is 80.4 cm³/mol. The molecule has 1 heterocycles. The number of ketones is 1. The zero-order valence-electron chi connectivity index (χ0n) is 12.6. The number of Topliss-reactive ketones (excluding diaryl/α,β-unsaturated/α-hetero) is 1. The van der Waals surface area contributed by atoms with Crippen molar-refractivity contribution in [3.63, 3.8) is 0 Å². The molecular weight excluding hydrogens is 260 g/mol. The summed E-state index contributed by atoms with van der Waals surface area (Å²) in [6.45, 7) is 11.1. The Labute approximate surface area is 120 Å². The highest BCUT2D eigenvalue weighted by Crippen LogP contribution is 2.23. The quantitative estimate of drug-likeness (QED) is 0.833. The van der Waals surface area contributed by atoms with Gasteiger partial charge in [0, 0.05) is 23.6 Å². The second-order valence-corrected chi connectivity index (χ2v) is 7.17. The first kappa shape index (κ1) is 16.5. The molecule has 3 unspecified atom stereocenters. The number of amides is 1. The SMILES string of the molecule is CC(=O)C(NC(=O)CN1CCSC(C)C1C)C(C)C. The lowest BCUT2D eigenvalue weighted by molar-refractivity contribution is -0.128. The van der Waals surface area contributed by atoms with Gasteiger partial charge in [-0.25, -0.2) is 0 Å². The van der Waals surface area contributed by atoms with Crippen LogP contribution in [0.25, 0.3) is 0 Å². The van der Waals surface area contributed by atoms with Crippen molar-refractivity contribution in [2.24, 2.45) is 5.92 Å². The van der Waals surface area contributed by atoms with Gasteiger partial charge in [0.2, 0.25) is 5.91 Å². The molecule has 0 radical (unpaired) electrons. The summed E-state index contributed by atoms with van der Waals surface area (Å²) in [7, 11) is 0. The summed E-state index contributed by atoms with van der Waals surface area (Å²) in [5, 5.41) is 3.41. The smallest absolute Gasteiger partial charge is 0.234 e. The van der Waals surface area contributed by atoms with Gasteiger partial charge < -0.3 is 5.32 Å². The third kappa shape index (κ3) is 4.80. The lowest BCUT2D eigenvalue weighted by Crippen LogP contribution is -2.52. The van der Waals surface area contributed by atoms with Gasteiger partial charge in [-0.2, -0.15) is 11.8 Å². The summed E-state index contributed by atoms with van der Waals surface area (Å²) < 4.78 is 0. The highest BCUT2D eigenvalue weighted by Gasteiger charge is 2.28. The molecule has 1 rings (SSSR count). The van der Waals surface area contributed by atoms with Crippen LogP contribution in [-0.2, 0) is 9.59 Å². The Kier molecular flexibility index (Phi) is 6.33. The van der Waals surface area contributed by atoms with Gasteiger partial charge in [-0.05, 0) is 19.8 Å². The maximum absolute atomic E-state index is 12.1. The molecule has 0 aromatic carbocycles. The van der Waals surface area contributed by atoms with Crippen molar-refractivity contribution in [1.82, 2.24) is 10.2 Å². The summed E-state index contributed by atoms with van der Waals surface area (Å²) in [5.41, 5.74) is 0. The van der Waals surface area contributed by atoms with Crippen LogP contribution in [0.15, 0.2) is 0 Å². The standard InChI is InChI=1S/C14H26N2O2S/c1-9(2)14(11(4)17)15-13(18)8-16-6-7-19-12(5)10(16)3/h9-10,12,14H,6-8H2,1-5H3,(H,15,18). The molecule has 5 heteroatoms. The fraction of sp³-hybridized carbons (Fsp3) is 0.857. The van der Waals surface area contributed by atoms with Crippen LogP contribution in [0.4, 0.5) is 0 Å². The molecule has 3 atom stereocenters. The summed E-state index contributed by atoms with van der Waals surface area (Å²) in [5.74, 6) is 1.19. The van der Waals surface area contributed by atoms with E-state index in [1.165, 1.54) is 6.92 Å². The largest absolute Gasteiger partial charge is 0.345 e. The van der Waals surface area contributed by atoms with Crippen molar-refractivity contribution in [2.75, 3.05) is 18.8 Å². The highest BCUT2D eigenvalue weighted by atomic mass is 32.2. The van der Waals surface area contributed by atoms with Gasteiger partial charge in [-0.1, -0.05) is 20.8 Å². The van der Waals surface area contributed by atoms with Crippen LogP contribution in [0.1, 0.15) is 34.6 Å². The summed E-state index contributed by atoms with van der Waals surface area (Å²) in [6.07, 6.45) is 0. The van der Waals surface area contributed by atoms with E-state index >= 15 is 0 Å². The van der Waals surface area contributed by atoms with Gasteiger partial charge >= 0.3 is 0 Å². The van der Waals surface area contributed by atoms with Crippen LogP contribution in [0.5, 0.6) is 0 Å². The molecule has 0 bridgehead atoms. The topological polar surface area (TPSA) is 49.4 Å². The van der Waals surface area contributed by atoms with E-state index in [9.17, 15) is 9.59 Å². The molecule has 0 aromatic rings. The second-order valence-electron chi connectivity index (χ2n) is 5.69. The lowest BCUT2D eigenvalue weighted by Gasteiger charge is -2.37. The summed E-state index contributed by atoms with van der Waals surface area (Å²) >= 11 is 1.95. The van der Waals surface area contributed by atoms with Crippen LogP contribution in [-0.4, -0.2) is 52.8 Å². The fourth-order valence-corrected chi connectivity index (χ4v) is 3.52. The van der Waals surface area contributed by atoms with E-state index in [2.05, 4.69) is 24.1 Å². The molecule has 4 nitrogen and oxygen atoms in total. The molecule has 0 aromatic heterocycles. The highest BCUT2D eigenvalue weighted by molar-refractivity contribution is 8.00. The predicted octanol–water partition coefficient (Wildman–Crippen LogP) is 1.54. The minimum atomic E-state index is -0.362. The van der Waals surface area contributed by atoms with Gasteiger partial charge in [0.1, 0.15) is 0 Å². The zero-order chi connectivity index (χ0) is 14.6. The molecule has 19 heavy (non-hydrogen) atoms. The average molecular weight is 286 g/mol. The van der Waals surface area contributed by atoms with Gasteiger partial charge in [-0.15, -0.1) is 0 Å². The minimum absolute atomic E-state index is 0.0268. The molecule has 1 amide bonds. The van der Waals surface area contributed by atoms with E-state index < -0.39 is 0 Å². The van der Waals surface area contributed by atoms with E-state index in [0.717, 1.165) is 12.3 Å². The monoisotopic (exact) mass is 286 g/mol. The van der Waals surface area contributed by atoms with Crippen molar-refractivity contribution in [3.8, 4) is 0 Å². The van der Waals surface area contributed by atoms with Crippen LogP contribution in [0.3, 0.4) is 0 Å². The third-order valence-corrected chi connectivity index (χ3v) is 5.12. The van der Waals surface area contributed by atoms with Gasteiger partial charge in [0.15, 0.2) is 5.78 Å². The maximum atomic E-state index is 12.1. The van der Waals surface area contributed by atoms with Crippen molar-refractivity contribution in [3.05, 3.63) is 0 Å². The second kappa shape index (κ2) is 7.29. The minimum Gasteiger partial charge on any atom is -0.345 e. The lowest BCUT2D eigenvalue weighted by atomic mass is 10.0. The molecule has 110 valence electrons. The number of thioether (sulfide) groups is 1. The number of carbonyl (C=O) groups excluding carboxylic acids is 2. The van der Waals surface area contributed by atoms with E-state index in [-0.39, 0.29) is 23.7 Å². The van der Waals surface area contributed by atoms with Crippen LogP contribution < -0.4 is 5.32 Å². The van der Waals surface area contributed by atoms with Crippen LogP contribution in [0.2, 0.25) is 0 Å². The Balaban J connectivity index is 2.52. The van der Waals surface area contributed by atoms with E-state index in [1.54, 1.807) is 0 Å². The van der Waals surface area contributed by atoms with Gasteiger partial charge in [0.25, 0.3) is 0 Å². The molecule has 0 spiro atoms. The molecule has 1 aliphatic heterocycles.